The summed E-state index contributed by atoms with van der Waals surface area (Å²) >= 11 is 0. The van der Waals surface area contributed by atoms with E-state index in [1.807, 2.05) is 83.7 Å². The van der Waals surface area contributed by atoms with Crippen LogP contribution in [0.1, 0.15) is 36.7 Å². The Morgan fingerprint density at radius 1 is 0.923 bits per heavy atom. The van der Waals surface area contributed by atoms with Crippen molar-refractivity contribution in [2.45, 2.75) is 32.9 Å². The van der Waals surface area contributed by atoms with E-state index in [0.29, 0.717) is 29.2 Å². The van der Waals surface area contributed by atoms with E-state index < -0.39 is 0 Å². The van der Waals surface area contributed by atoms with E-state index in [-0.39, 0.29) is 17.5 Å². The highest BCUT2D eigenvalue weighted by Gasteiger charge is 2.22. The second-order valence-electron chi connectivity index (χ2n) is 10.6. The van der Waals surface area contributed by atoms with Crippen LogP contribution in [0.2, 0.25) is 0 Å². The van der Waals surface area contributed by atoms with Crippen LogP contribution in [0.5, 0.6) is 0 Å². The Morgan fingerprint density at radius 3 is 2.49 bits per heavy atom. The Kier molecular flexibility index (Phi) is 5.87. The molecule has 3 aromatic carbocycles. The molecular weight excluding hydrogens is 488 g/mol. The first-order chi connectivity index (χ1) is 18.8. The van der Waals surface area contributed by atoms with E-state index in [4.69, 9.17) is 5.10 Å². The molecule has 5 aromatic rings. The number of pyridine rings is 1. The number of amides is 3. The number of fused-ring (bicyclic) bond motifs is 2. The molecule has 6 rings (SSSR count). The van der Waals surface area contributed by atoms with Crippen molar-refractivity contribution in [3.8, 4) is 22.4 Å². The van der Waals surface area contributed by atoms with Crippen LogP contribution < -0.4 is 16.0 Å². The summed E-state index contributed by atoms with van der Waals surface area (Å²) in [5, 5.41) is 14.6. The molecule has 3 N–H and O–H groups in total. The summed E-state index contributed by atoms with van der Waals surface area (Å²) in [5.74, 6) is -0.0451. The van der Waals surface area contributed by atoms with Gasteiger partial charge in [0.25, 0.3) is 5.91 Å². The standard InChI is InChI=1S/C31H28N6O2/c1-31(2,3)37-18-27(28(36-37)21-11-14-26-20(16-21)6-5-15-32-26)35-30(39)34-22-12-9-19(10-13-22)23-7-4-8-24-25(23)17-33-29(24)38/h4-16,18H,17H2,1-3H3,(H,33,38)(H2,34,35,39). The van der Waals surface area contributed by atoms with Crippen molar-refractivity contribution >= 4 is 34.2 Å². The largest absolute Gasteiger partial charge is 0.348 e. The molecule has 2 aromatic heterocycles. The van der Waals surface area contributed by atoms with Crippen LogP contribution in [0.25, 0.3) is 33.3 Å². The molecule has 39 heavy (non-hydrogen) atoms. The molecule has 8 heteroatoms. The maximum atomic E-state index is 13.1. The summed E-state index contributed by atoms with van der Waals surface area (Å²) < 4.78 is 1.86. The van der Waals surface area contributed by atoms with Crippen molar-refractivity contribution in [1.82, 2.24) is 20.1 Å². The van der Waals surface area contributed by atoms with Gasteiger partial charge in [0, 0.05) is 41.1 Å². The van der Waals surface area contributed by atoms with E-state index in [9.17, 15) is 9.59 Å². The smallest absolute Gasteiger partial charge is 0.323 e. The first-order valence-electron chi connectivity index (χ1n) is 12.8. The Balaban J connectivity index is 1.24. The van der Waals surface area contributed by atoms with Crippen molar-refractivity contribution in [3.05, 3.63) is 96.3 Å². The number of urea groups is 1. The Bertz CT molecular complexity index is 1730. The van der Waals surface area contributed by atoms with E-state index >= 15 is 0 Å². The van der Waals surface area contributed by atoms with Crippen LogP contribution in [-0.2, 0) is 12.1 Å². The third-order valence-electron chi connectivity index (χ3n) is 6.83. The minimum absolute atomic E-state index is 0.0451. The zero-order valence-electron chi connectivity index (χ0n) is 21.9. The summed E-state index contributed by atoms with van der Waals surface area (Å²) in [7, 11) is 0. The number of carbonyl (C=O) groups excluding carboxylic acids is 2. The SMILES string of the molecule is CC(C)(C)n1cc(NC(=O)Nc2ccc(-c3cccc4c3CNC4=O)cc2)c(-c2ccc3ncccc3c2)n1. The lowest BCUT2D eigenvalue weighted by atomic mass is 9.97. The quantitative estimate of drug-likeness (QED) is 0.257. The predicted molar refractivity (Wildman–Crippen MR) is 154 cm³/mol. The van der Waals surface area contributed by atoms with E-state index in [2.05, 4.69) is 41.7 Å². The number of nitrogens with one attached hydrogen (secondary N) is 3. The van der Waals surface area contributed by atoms with Gasteiger partial charge >= 0.3 is 6.03 Å². The zero-order chi connectivity index (χ0) is 27.1. The highest BCUT2D eigenvalue weighted by Crippen LogP contribution is 2.32. The molecule has 0 fully saturated rings. The predicted octanol–water partition coefficient (Wildman–Crippen LogP) is 6.41. The van der Waals surface area contributed by atoms with Crippen LogP contribution >= 0.6 is 0 Å². The Labute approximate surface area is 226 Å². The van der Waals surface area contributed by atoms with Gasteiger partial charge in [-0.25, -0.2) is 4.79 Å². The number of nitrogens with zero attached hydrogens (tertiary/aromatic N) is 3. The Morgan fingerprint density at radius 2 is 1.69 bits per heavy atom. The lowest BCUT2D eigenvalue weighted by Crippen LogP contribution is -2.22. The van der Waals surface area contributed by atoms with Gasteiger partial charge in [-0.2, -0.15) is 5.10 Å². The normalized spacial score (nSPS) is 12.7. The van der Waals surface area contributed by atoms with Crippen molar-refractivity contribution in [1.29, 1.82) is 0 Å². The Hall–Kier alpha value is -4.98. The van der Waals surface area contributed by atoms with E-state index in [1.165, 1.54) is 0 Å². The number of rotatable bonds is 4. The van der Waals surface area contributed by atoms with Gasteiger partial charge in [0.05, 0.1) is 16.7 Å². The average molecular weight is 517 g/mol. The first kappa shape index (κ1) is 24.4. The van der Waals surface area contributed by atoms with Crippen molar-refractivity contribution in [2.75, 3.05) is 10.6 Å². The number of hydrogen-bond donors (Lipinski definition) is 3. The van der Waals surface area contributed by atoms with Crippen molar-refractivity contribution < 1.29 is 9.59 Å². The fraction of sp³-hybridized carbons (Fsp3) is 0.161. The molecule has 0 atom stereocenters. The molecule has 0 radical (unpaired) electrons. The van der Waals surface area contributed by atoms with Gasteiger partial charge in [0.15, 0.2) is 0 Å². The third kappa shape index (κ3) is 4.72. The fourth-order valence-electron chi connectivity index (χ4n) is 4.79. The van der Waals surface area contributed by atoms with Gasteiger partial charge in [-0.1, -0.05) is 36.4 Å². The van der Waals surface area contributed by atoms with E-state index in [0.717, 1.165) is 33.2 Å². The molecule has 0 bridgehead atoms. The van der Waals surface area contributed by atoms with Crippen molar-refractivity contribution in [2.24, 2.45) is 0 Å². The number of hydrogen-bond acceptors (Lipinski definition) is 4. The van der Waals surface area contributed by atoms with Gasteiger partial charge in [-0.15, -0.1) is 0 Å². The number of anilines is 2. The summed E-state index contributed by atoms with van der Waals surface area (Å²) in [4.78, 5) is 29.5. The average Bonchev–Trinajstić information content (AvgIpc) is 3.53. The summed E-state index contributed by atoms with van der Waals surface area (Å²) in [6, 6.07) is 22.8. The molecule has 0 aliphatic carbocycles. The molecule has 194 valence electrons. The molecule has 3 amide bonds. The molecular formula is C31H28N6O2. The maximum absolute atomic E-state index is 13.1. The molecule has 0 spiro atoms. The molecule has 8 nitrogen and oxygen atoms in total. The van der Waals surface area contributed by atoms with Gasteiger partial charge in [-0.3, -0.25) is 14.5 Å². The molecule has 0 unspecified atom stereocenters. The van der Waals surface area contributed by atoms with Gasteiger partial charge in [-0.05, 0) is 73.9 Å². The molecule has 3 heterocycles. The molecule has 0 saturated heterocycles. The topological polar surface area (TPSA) is 101 Å². The second kappa shape index (κ2) is 9.40. The molecule has 1 aliphatic rings. The van der Waals surface area contributed by atoms with Crippen molar-refractivity contribution in [3.63, 3.8) is 0 Å². The van der Waals surface area contributed by atoms with Gasteiger partial charge in [0.2, 0.25) is 0 Å². The van der Waals surface area contributed by atoms with Crippen LogP contribution in [0.4, 0.5) is 16.2 Å². The minimum Gasteiger partial charge on any atom is -0.348 e. The number of aromatic nitrogens is 3. The van der Waals surface area contributed by atoms with Gasteiger partial charge in [0.1, 0.15) is 5.69 Å². The second-order valence-corrected chi connectivity index (χ2v) is 10.6. The highest BCUT2D eigenvalue weighted by atomic mass is 16.2. The van der Waals surface area contributed by atoms with Crippen LogP contribution in [0.3, 0.4) is 0 Å². The van der Waals surface area contributed by atoms with Crippen LogP contribution in [-0.4, -0.2) is 26.7 Å². The van der Waals surface area contributed by atoms with Crippen LogP contribution in [0.15, 0.2) is 85.2 Å². The van der Waals surface area contributed by atoms with E-state index in [1.54, 1.807) is 6.20 Å². The zero-order valence-corrected chi connectivity index (χ0v) is 21.9. The highest BCUT2D eigenvalue weighted by molar-refractivity contribution is 6.03. The number of benzene rings is 3. The first-order valence-corrected chi connectivity index (χ1v) is 12.8. The monoisotopic (exact) mass is 516 g/mol. The molecule has 0 saturated carbocycles. The van der Waals surface area contributed by atoms with Gasteiger partial charge < -0.3 is 16.0 Å². The number of carbonyl (C=O) groups is 2. The maximum Gasteiger partial charge on any atom is 0.323 e. The lowest BCUT2D eigenvalue weighted by Gasteiger charge is -2.18. The third-order valence-corrected chi connectivity index (χ3v) is 6.83. The fourth-order valence-corrected chi connectivity index (χ4v) is 4.79. The summed E-state index contributed by atoms with van der Waals surface area (Å²) in [6.07, 6.45) is 3.63. The molecule has 1 aliphatic heterocycles. The summed E-state index contributed by atoms with van der Waals surface area (Å²) in [5.41, 5.74) is 7.16. The lowest BCUT2D eigenvalue weighted by molar-refractivity contribution is 0.0965. The minimum atomic E-state index is -0.365. The summed E-state index contributed by atoms with van der Waals surface area (Å²) in [6.45, 7) is 6.71. The van der Waals surface area contributed by atoms with Crippen LogP contribution in [0, 0.1) is 0 Å².